The van der Waals surface area contributed by atoms with Crippen molar-refractivity contribution in [1.82, 2.24) is 10.2 Å². The Bertz CT molecular complexity index is 542. The number of nitrogens with one attached hydrogen (secondary N) is 3. The number of rotatable bonds is 1. The fourth-order valence-corrected chi connectivity index (χ4v) is 1.37. The summed E-state index contributed by atoms with van der Waals surface area (Å²) in [5, 5.41) is 8.81. The summed E-state index contributed by atoms with van der Waals surface area (Å²) in [6, 6.07) is 5.20. The van der Waals surface area contributed by atoms with Crippen LogP contribution in [-0.2, 0) is 0 Å². The molecule has 14 heavy (non-hydrogen) atoms. The second kappa shape index (κ2) is 3.15. The van der Waals surface area contributed by atoms with E-state index in [4.69, 9.17) is 18.0 Å². The lowest BCUT2D eigenvalue weighted by Gasteiger charge is -2.02. The molecule has 0 aliphatic heterocycles. The highest BCUT2D eigenvalue weighted by atomic mass is 32.1. The molecular formula is C8H8N4OS. The first-order valence-electron chi connectivity index (χ1n) is 3.93. The summed E-state index contributed by atoms with van der Waals surface area (Å²) < 4.78 is 0. The van der Waals surface area contributed by atoms with E-state index in [-0.39, 0.29) is 10.7 Å². The van der Waals surface area contributed by atoms with Crippen LogP contribution >= 0.6 is 12.2 Å². The van der Waals surface area contributed by atoms with Gasteiger partial charge in [-0.3, -0.25) is 15.0 Å². The quantitative estimate of drug-likeness (QED) is 0.514. The van der Waals surface area contributed by atoms with Crippen molar-refractivity contribution in [1.29, 1.82) is 0 Å². The Balaban J connectivity index is 2.52. The second-order valence-corrected chi connectivity index (χ2v) is 3.27. The van der Waals surface area contributed by atoms with E-state index in [0.29, 0.717) is 5.39 Å². The molecule has 1 aromatic heterocycles. The smallest absolute Gasteiger partial charge is 0.271 e. The lowest BCUT2D eigenvalue weighted by molar-refractivity contribution is 1.08. The van der Waals surface area contributed by atoms with E-state index in [1.165, 1.54) is 0 Å². The first-order chi connectivity index (χ1) is 6.66. The number of hydrogen-bond acceptors (Lipinski definition) is 2. The molecule has 1 heterocycles. The van der Waals surface area contributed by atoms with Crippen LogP contribution in [0.5, 0.6) is 0 Å². The standard InChI is InChI=1S/C8H8N4OS/c9-8(14)10-4-1-2-5-6(3-4)11-12-7(5)13/h1-3H,(H3,9,10,14)(H2,11,12,13). The van der Waals surface area contributed by atoms with Crippen molar-refractivity contribution in [3.05, 3.63) is 28.6 Å². The SMILES string of the molecule is NC(=S)Nc1ccc2c(=O)[nH][nH]c2c1. The number of aromatic amines is 2. The highest BCUT2D eigenvalue weighted by Crippen LogP contribution is 2.13. The van der Waals surface area contributed by atoms with Gasteiger partial charge in [0.1, 0.15) is 0 Å². The molecule has 0 radical (unpaired) electrons. The van der Waals surface area contributed by atoms with E-state index in [9.17, 15) is 4.79 Å². The fraction of sp³-hybridized carbons (Fsp3) is 0. The molecule has 6 heteroatoms. The van der Waals surface area contributed by atoms with E-state index >= 15 is 0 Å². The number of anilines is 1. The normalized spacial score (nSPS) is 10.3. The number of nitrogens with two attached hydrogens (primary N) is 1. The third-order valence-electron chi connectivity index (χ3n) is 1.84. The molecule has 2 rings (SSSR count). The number of hydrogen-bond donors (Lipinski definition) is 4. The fourth-order valence-electron chi connectivity index (χ4n) is 1.26. The molecule has 0 aliphatic rings. The molecule has 5 N–H and O–H groups in total. The van der Waals surface area contributed by atoms with E-state index in [0.717, 1.165) is 11.2 Å². The van der Waals surface area contributed by atoms with Crippen molar-refractivity contribution >= 4 is 33.9 Å². The van der Waals surface area contributed by atoms with Crippen molar-refractivity contribution in [3.8, 4) is 0 Å². The summed E-state index contributed by atoms with van der Waals surface area (Å²) in [5.41, 5.74) is 6.65. The second-order valence-electron chi connectivity index (χ2n) is 2.83. The molecule has 0 amide bonds. The lowest BCUT2D eigenvalue weighted by atomic mass is 10.2. The summed E-state index contributed by atoms with van der Waals surface area (Å²) in [6.07, 6.45) is 0. The molecule has 72 valence electrons. The van der Waals surface area contributed by atoms with Gasteiger partial charge >= 0.3 is 0 Å². The third kappa shape index (κ3) is 1.47. The molecule has 0 fully saturated rings. The van der Waals surface area contributed by atoms with Crippen molar-refractivity contribution in [3.63, 3.8) is 0 Å². The molecule has 0 unspecified atom stereocenters. The Morgan fingerprint density at radius 1 is 1.43 bits per heavy atom. The van der Waals surface area contributed by atoms with Gasteiger partial charge in [-0.2, -0.15) is 0 Å². The van der Waals surface area contributed by atoms with Crippen LogP contribution in [-0.4, -0.2) is 15.3 Å². The molecule has 0 spiro atoms. The van der Waals surface area contributed by atoms with Gasteiger partial charge in [-0.05, 0) is 30.4 Å². The van der Waals surface area contributed by atoms with Gasteiger partial charge in [0.2, 0.25) is 0 Å². The average Bonchev–Trinajstić information content (AvgIpc) is 2.46. The predicted molar refractivity (Wildman–Crippen MR) is 59.3 cm³/mol. The number of thiocarbonyl (C=S) groups is 1. The lowest BCUT2D eigenvalue weighted by Crippen LogP contribution is -2.18. The molecular weight excluding hydrogens is 200 g/mol. The van der Waals surface area contributed by atoms with Crippen molar-refractivity contribution in [2.75, 3.05) is 5.32 Å². The molecule has 0 bridgehead atoms. The Labute approximate surface area is 84.3 Å². The van der Waals surface area contributed by atoms with Crippen LogP contribution < -0.4 is 16.6 Å². The Morgan fingerprint density at radius 2 is 2.21 bits per heavy atom. The topological polar surface area (TPSA) is 86.7 Å². The van der Waals surface area contributed by atoms with Crippen LogP contribution in [0.25, 0.3) is 10.9 Å². The number of fused-ring (bicyclic) bond motifs is 1. The maximum atomic E-state index is 11.2. The Kier molecular flexibility index (Phi) is 1.97. The summed E-state index contributed by atoms with van der Waals surface area (Å²) in [4.78, 5) is 11.2. The highest BCUT2D eigenvalue weighted by molar-refractivity contribution is 7.80. The minimum atomic E-state index is -0.137. The van der Waals surface area contributed by atoms with Gasteiger partial charge in [0.25, 0.3) is 5.56 Å². The van der Waals surface area contributed by atoms with Crippen LogP contribution in [0.3, 0.4) is 0 Å². The summed E-state index contributed by atoms with van der Waals surface area (Å²) >= 11 is 4.69. The van der Waals surface area contributed by atoms with Gasteiger partial charge < -0.3 is 11.1 Å². The van der Waals surface area contributed by atoms with E-state index in [1.807, 2.05) is 0 Å². The van der Waals surface area contributed by atoms with Crippen molar-refractivity contribution < 1.29 is 0 Å². The minimum Gasteiger partial charge on any atom is -0.376 e. The van der Waals surface area contributed by atoms with Crippen molar-refractivity contribution in [2.45, 2.75) is 0 Å². The summed E-state index contributed by atoms with van der Waals surface area (Å²) in [6.45, 7) is 0. The molecule has 0 aliphatic carbocycles. The van der Waals surface area contributed by atoms with Gasteiger partial charge in [0, 0.05) is 5.69 Å². The van der Waals surface area contributed by atoms with Gasteiger partial charge in [0.05, 0.1) is 10.9 Å². The van der Waals surface area contributed by atoms with Crippen LogP contribution in [0.4, 0.5) is 5.69 Å². The highest BCUT2D eigenvalue weighted by Gasteiger charge is 2.01. The Morgan fingerprint density at radius 3 is 2.93 bits per heavy atom. The molecule has 0 atom stereocenters. The summed E-state index contributed by atoms with van der Waals surface area (Å²) in [7, 11) is 0. The van der Waals surface area contributed by atoms with Gasteiger partial charge in [-0.25, -0.2) is 0 Å². The monoisotopic (exact) mass is 208 g/mol. The van der Waals surface area contributed by atoms with E-state index in [2.05, 4.69) is 15.5 Å². The molecule has 1 aromatic carbocycles. The maximum Gasteiger partial charge on any atom is 0.271 e. The summed E-state index contributed by atoms with van der Waals surface area (Å²) in [5.74, 6) is 0. The predicted octanol–water partition coefficient (Wildman–Crippen LogP) is 0.512. The minimum absolute atomic E-state index is 0.137. The van der Waals surface area contributed by atoms with Crippen LogP contribution in [0.15, 0.2) is 23.0 Å². The first kappa shape index (κ1) is 8.76. The zero-order valence-electron chi connectivity index (χ0n) is 7.13. The molecule has 5 nitrogen and oxygen atoms in total. The molecule has 0 saturated carbocycles. The van der Waals surface area contributed by atoms with Gasteiger partial charge in [-0.1, -0.05) is 0 Å². The molecule has 0 saturated heterocycles. The van der Waals surface area contributed by atoms with Crippen LogP contribution in [0, 0.1) is 0 Å². The Hall–Kier alpha value is -1.82. The zero-order valence-corrected chi connectivity index (χ0v) is 7.94. The van der Waals surface area contributed by atoms with Crippen LogP contribution in [0.2, 0.25) is 0 Å². The maximum absolute atomic E-state index is 11.2. The van der Waals surface area contributed by atoms with Crippen LogP contribution in [0.1, 0.15) is 0 Å². The zero-order chi connectivity index (χ0) is 10.1. The number of H-pyrrole nitrogens is 2. The average molecular weight is 208 g/mol. The molecule has 2 aromatic rings. The largest absolute Gasteiger partial charge is 0.376 e. The number of aromatic nitrogens is 2. The third-order valence-corrected chi connectivity index (χ3v) is 1.94. The first-order valence-corrected chi connectivity index (χ1v) is 4.34. The van der Waals surface area contributed by atoms with Crippen molar-refractivity contribution in [2.24, 2.45) is 5.73 Å². The van der Waals surface area contributed by atoms with Gasteiger partial charge in [-0.15, -0.1) is 0 Å². The van der Waals surface area contributed by atoms with Gasteiger partial charge in [0.15, 0.2) is 5.11 Å². The number of benzene rings is 1. The van der Waals surface area contributed by atoms with E-state index < -0.39 is 0 Å². The van der Waals surface area contributed by atoms with E-state index in [1.54, 1.807) is 18.2 Å².